The Kier molecular flexibility index (Phi) is 4.72. The lowest BCUT2D eigenvalue weighted by Gasteiger charge is -1.99. The molecule has 0 aliphatic rings. The monoisotopic (exact) mass is 239 g/mol. The van der Waals surface area contributed by atoms with Crippen molar-refractivity contribution in [2.75, 3.05) is 12.3 Å². The highest BCUT2D eigenvalue weighted by atomic mass is 32.1. The molecule has 0 aliphatic heterocycles. The zero-order valence-electron chi connectivity index (χ0n) is 8.55. The Bertz CT molecular complexity index is 404. The predicted molar refractivity (Wildman–Crippen MR) is 65.7 cm³/mol. The van der Waals surface area contributed by atoms with Crippen LogP contribution < -0.4 is 5.32 Å². The van der Waals surface area contributed by atoms with Crippen LogP contribution in [0.5, 0.6) is 11.5 Å². The van der Waals surface area contributed by atoms with Gasteiger partial charge in [0.05, 0.1) is 0 Å². The second-order valence-electron chi connectivity index (χ2n) is 3.10. The highest BCUT2D eigenvalue weighted by Gasteiger charge is 1.98. The number of phenolic OH excluding ortho intramolecular Hbond substituents is 2. The van der Waals surface area contributed by atoms with Crippen LogP contribution in [0.25, 0.3) is 6.08 Å². The van der Waals surface area contributed by atoms with E-state index in [0.29, 0.717) is 17.9 Å². The van der Waals surface area contributed by atoms with E-state index in [2.05, 4.69) is 17.9 Å². The SMILES string of the molecule is O=C(/C=C/c1ccc(O)c(O)c1)NCCS. The lowest BCUT2D eigenvalue weighted by atomic mass is 10.2. The fourth-order valence-corrected chi connectivity index (χ4v) is 1.17. The van der Waals surface area contributed by atoms with Crippen LogP contribution in [0, 0.1) is 0 Å². The van der Waals surface area contributed by atoms with Gasteiger partial charge in [-0.15, -0.1) is 0 Å². The van der Waals surface area contributed by atoms with Gasteiger partial charge in [-0.05, 0) is 23.8 Å². The molecule has 86 valence electrons. The van der Waals surface area contributed by atoms with E-state index in [9.17, 15) is 9.90 Å². The van der Waals surface area contributed by atoms with Gasteiger partial charge >= 0.3 is 0 Å². The number of phenols is 2. The summed E-state index contributed by atoms with van der Waals surface area (Å²) in [5, 5.41) is 20.9. The van der Waals surface area contributed by atoms with Crippen molar-refractivity contribution in [3.8, 4) is 11.5 Å². The maximum absolute atomic E-state index is 11.2. The van der Waals surface area contributed by atoms with Crippen LogP contribution in [-0.2, 0) is 4.79 Å². The van der Waals surface area contributed by atoms with Crippen LogP contribution in [0.2, 0.25) is 0 Å². The van der Waals surface area contributed by atoms with Gasteiger partial charge in [-0.2, -0.15) is 12.6 Å². The van der Waals surface area contributed by atoms with Crippen molar-refractivity contribution >= 4 is 24.6 Å². The molecule has 0 fully saturated rings. The number of nitrogens with one attached hydrogen (secondary N) is 1. The molecule has 1 aromatic carbocycles. The molecule has 0 atom stereocenters. The molecule has 1 rings (SSSR count). The minimum absolute atomic E-state index is 0.184. The quantitative estimate of drug-likeness (QED) is 0.362. The fourth-order valence-electron chi connectivity index (χ4n) is 1.05. The molecule has 0 saturated heterocycles. The standard InChI is InChI=1S/C11H13NO3S/c13-9-3-1-8(7-10(9)14)2-4-11(15)12-5-6-16/h1-4,7,13-14,16H,5-6H2,(H,12,15)/b4-2+. The van der Waals surface area contributed by atoms with Crippen molar-refractivity contribution in [3.05, 3.63) is 29.8 Å². The summed E-state index contributed by atoms with van der Waals surface area (Å²) in [4.78, 5) is 11.2. The summed E-state index contributed by atoms with van der Waals surface area (Å²) < 4.78 is 0. The largest absolute Gasteiger partial charge is 0.504 e. The molecule has 1 amide bonds. The topological polar surface area (TPSA) is 69.6 Å². The fraction of sp³-hybridized carbons (Fsp3) is 0.182. The van der Waals surface area contributed by atoms with Crippen molar-refractivity contribution in [2.45, 2.75) is 0 Å². The average Bonchev–Trinajstić information content (AvgIpc) is 2.28. The highest BCUT2D eigenvalue weighted by molar-refractivity contribution is 7.80. The third-order valence-electron chi connectivity index (χ3n) is 1.84. The van der Waals surface area contributed by atoms with Crippen LogP contribution in [0.4, 0.5) is 0 Å². The van der Waals surface area contributed by atoms with E-state index in [1.54, 1.807) is 12.1 Å². The second kappa shape index (κ2) is 6.07. The number of amides is 1. The summed E-state index contributed by atoms with van der Waals surface area (Å²) in [5.74, 6) is -0.0317. The van der Waals surface area contributed by atoms with Gasteiger partial charge in [0.2, 0.25) is 5.91 Å². The number of benzene rings is 1. The molecule has 0 unspecified atom stereocenters. The predicted octanol–water partition coefficient (Wildman–Crippen LogP) is 1.16. The minimum atomic E-state index is -0.221. The smallest absolute Gasteiger partial charge is 0.244 e. The molecule has 3 N–H and O–H groups in total. The summed E-state index contributed by atoms with van der Waals surface area (Å²) in [6.45, 7) is 0.507. The molecule has 0 bridgehead atoms. The molecule has 0 radical (unpaired) electrons. The summed E-state index contributed by atoms with van der Waals surface area (Å²) >= 11 is 3.96. The highest BCUT2D eigenvalue weighted by Crippen LogP contribution is 2.25. The minimum Gasteiger partial charge on any atom is -0.504 e. The maximum atomic E-state index is 11.2. The summed E-state index contributed by atoms with van der Waals surface area (Å²) in [6, 6.07) is 4.33. The Morgan fingerprint density at radius 3 is 2.75 bits per heavy atom. The first-order valence-corrected chi connectivity index (χ1v) is 5.35. The molecule has 0 saturated carbocycles. The Labute approximate surface area is 99.0 Å². The van der Waals surface area contributed by atoms with Crippen LogP contribution >= 0.6 is 12.6 Å². The number of carbonyl (C=O) groups is 1. The van der Waals surface area contributed by atoms with Crippen LogP contribution in [0.1, 0.15) is 5.56 Å². The Balaban J connectivity index is 2.62. The zero-order chi connectivity index (χ0) is 12.0. The maximum Gasteiger partial charge on any atom is 0.244 e. The zero-order valence-corrected chi connectivity index (χ0v) is 9.45. The molecular formula is C11H13NO3S. The first-order valence-electron chi connectivity index (χ1n) is 4.72. The Morgan fingerprint density at radius 1 is 1.38 bits per heavy atom. The van der Waals surface area contributed by atoms with E-state index in [1.807, 2.05) is 0 Å². The molecule has 1 aromatic rings. The van der Waals surface area contributed by atoms with Gasteiger partial charge in [-0.3, -0.25) is 4.79 Å². The number of thiol groups is 1. The number of rotatable bonds is 4. The van der Waals surface area contributed by atoms with Gasteiger partial charge in [0.15, 0.2) is 11.5 Å². The van der Waals surface area contributed by atoms with Gasteiger partial charge in [0.25, 0.3) is 0 Å². The van der Waals surface area contributed by atoms with Gasteiger partial charge in [-0.1, -0.05) is 6.07 Å². The molecule has 16 heavy (non-hydrogen) atoms. The molecule has 4 nitrogen and oxygen atoms in total. The molecule has 5 heteroatoms. The van der Waals surface area contributed by atoms with E-state index in [4.69, 9.17) is 5.11 Å². The number of hydrogen-bond acceptors (Lipinski definition) is 4. The Morgan fingerprint density at radius 2 is 2.12 bits per heavy atom. The van der Waals surface area contributed by atoms with Gasteiger partial charge in [0.1, 0.15) is 0 Å². The summed E-state index contributed by atoms with van der Waals surface area (Å²) in [6.07, 6.45) is 2.91. The second-order valence-corrected chi connectivity index (χ2v) is 3.54. The van der Waals surface area contributed by atoms with Crippen molar-refractivity contribution in [3.63, 3.8) is 0 Å². The van der Waals surface area contributed by atoms with Crippen LogP contribution in [0.3, 0.4) is 0 Å². The van der Waals surface area contributed by atoms with Gasteiger partial charge in [0, 0.05) is 18.4 Å². The van der Waals surface area contributed by atoms with Crippen molar-refractivity contribution in [2.24, 2.45) is 0 Å². The molecule has 0 aromatic heterocycles. The van der Waals surface area contributed by atoms with E-state index in [1.165, 1.54) is 18.2 Å². The molecule has 0 heterocycles. The van der Waals surface area contributed by atoms with Gasteiger partial charge in [-0.25, -0.2) is 0 Å². The number of hydrogen-bond donors (Lipinski definition) is 4. The summed E-state index contributed by atoms with van der Waals surface area (Å²) in [5.41, 5.74) is 0.635. The average molecular weight is 239 g/mol. The number of carbonyl (C=O) groups excluding carboxylic acids is 1. The van der Waals surface area contributed by atoms with Crippen LogP contribution in [0.15, 0.2) is 24.3 Å². The van der Waals surface area contributed by atoms with E-state index < -0.39 is 0 Å². The third kappa shape index (κ3) is 3.86. The lowest BCUT2D eigenvalue weighted by molar-refractivity contribution is -0.116. The van der Waals surface area contributed by atoms with Crippen molar-refractivity contribution in [1.82, 2.24) is 5.32 Å². The van der Waals surface area contributed by atoms with E-state index in [-0.39, 0.29) is 17.4 Å². The summed E-state index contributed by atoms with van der Waals surface area (Å²) in [7, 11) is 0. The van der Waals surface area contributed by atoms with Crippen molar-refractivity contribution in [1.29, 1.82) is 0 Å². The normalized spacial score (nSPS) is 10.6. The van der Waals surface area contributed by atoms with Gasteiger partial charge < -0.3 is 15.5 Å². The van der Waals surface area contributed by atoms with E-state index >= 15 is 0 Å². The first kappa shape index (κ1) is 12.4. The van der Waals surface area contributed by atoms with E-state index in [0.717, 1.165) is 0 Å². The number of aromatic hydroxyl groups is 2. The molecule has 0 spiro atoms. The first-order chi connectivity index (χ1) is 7.63. The lowest BCUT2D eigenvalue weighted by Crippen LogP contribution is -2.22. The Hall–Kier alpha value is -1.62. The molecule has 0 aliphatic carbocycles. The van der Waals surface area contributed by atoms with Crippen molar-refractivity contribution < 1.29 is 15.0 Å². The van der Waals surface area contributed by atoms with Crippen LogP contribution in [-0.4, -0.2) is 28.4 Å². The molecular weight excluding hydrogens is 226 g/mol. The third-order valence-corrected chi connectivity index (χ3v) is 2.06.